The maximum atomic E-state index is 12.1. The number of hydrogen-bond acceptors (Lipinski definition) is 3. The van der Waals surface area contributed by atoms with Crippen LogP contribution in [-0.4, -0.2) is 18.4 Å². The number of nitrogens with one attached hydrogen (secondary N) is 2. The van der Waals surface area contributed by atoms with Crippen LogP contribution in [0.15, 0.2) is 53.4 Å². The highest BCUT2D eigenvalue weighted by Gasteiger charge is 2.12. The molecule has 0 atom stereocenters. The number of rotatable bonds is 4. The third kappa shape index (κ3) is 2.96. The van der Waals surface area contributed by atoms with Crippen LogP contribution in [0.5, 0.6) is 0 Å². The van der Waals surface area contributed by atoms with Crippen molar-refractivity contribution in [2.45, 2.75) is 18.4 Å². The van der Waals surface area contributed by atoms with Crippen molar-refractivity contribution in [1.82, 2.24) is 14.7 Å². The molecule has 0 saturated heterocycles. The first kappa shape index (κ1) is 13.8. The molecule has 0 spiro atoms. The van der Waals surface area contributed by atoms with Crippen molar-refractivity contribution >= 4 is 21.1 Å². The SMILES string of the molecule is Cc1nc2ccc(CNS(=O)(=O)c3ccccc3)cc2[nH]1. The van der Waals surface area contributed by atoms with Crippen LogP contribution in [0.2, 0.25) is 0 Å². The highest BCUT2D eigenvalue weighted by molar-refractivity contribution is 7.89. The summed E-state index contributed by atoms with van der Waals surface area (Å²) in [4.78, 5) is 7.72. The maximum Gasteiger partial charge on any atom is 0.240 e. The predicted molar refractivity (Wildman–Crippen MR) is 81.3 cm³/mol. The number of hydrogen-bond donors (Lipinski definition) is 2. The first-order valence-corrected chi connectivity index (χ1v) is 8.03. The standard InChI is InChI=1S/C15H15N3O2S/c1-11-17-14-8-7-12(9-15(14)18-11)10-16-21(19,20)13-5-3-2-4-6-13/h2-9,16H,10H2,1H3,(H,17,18). The Morgan fingerprint density at radius 1 is 1.14 bits per heavy atom. The van der Waals surface area contributed by atoms with Crippen molar-refractivity contribution < 1.29 is 8.42 Å². The number of fused-ring (bicyclic) bond motifs is 1. The van der Waals surface area contributed by atoms with E-state index >= 15 is 0 Å². The Labute approximate surface area is 123 Å². The van der Waals surface area contributed by atoms with Gasteiger partial charge in [0.25, 0.3) is 0 Å². The minimum absolute atomic E-state index is 0.241. The second-order valence-electron chi connectivity index (χ2n) is 4.81. The molecule has 2 aromatic carbocycles. The van der Waals surface area contributed by atoms with E-state index in [1.54, 1.807) is 30.3 Å². The molecule has 0 aliphatic heterocycles. The van der Waals surface area contributed by atoms with Gasteiger partial charge in [-0.3, -0.25) is 0 Å². The van der Waals surface area contributed by atoms with Gasteiger partial charge in [0.05, 0.1) is 15.9 Å². The quantitative estimate of drug-likeness (QED) is 0.776. The van der Waals surface area contributed by atoms with Gasteiger partial charge < -0.3 is 4.98 Å². The maximum absolute atomic E-state index is 12.1. The summed E-state index contributed by atoms with van der Waals surface area (Å²) < 4.78 is 26.9. The smallest absolute Gasteiger partial charge is 0.240 e. The predicted octanol–water partition coefficient (Wildman–Crippen LogP) is 2.35. The molecule has 1 aromatic heterocycles. The Hall–Kier alpha value is -2.18. The minimum Gasteiger partial charge on any atom is -0.342 e. The molecular weight excluding hydrogens is 286 g/mol. The summed E-state index contributed by atoms with van der Waals surface area (Å²) in [5, 5.41) is 0. The highest BCUT2D eigenvalue weighted by atomic mass is 32.2. The Morgan fingerprint density at radius 3 is 2.67 bits per heavy atom. The lowest BCUT2D eigenvalue weighted by Crippen LogP contribution is -2.23. The molecule has 3 rings (SSSR count). The summed E-state index contributed by atoms with van der Waals surface area (Å²) in [6, 6.07) is 14.0. The summed E-state index contributed by atoms with van der Waals surface area (Å²) >= 11 is 0. The van der Waals surface area contributed by atoms with E-state index in [4.69, 9.17) is 0 Å². The van der Waals surface area contributed by atoms with Crippen molar-refractivity contribution in [1.29, 1.82) is 0 Å². The molecule has 3 aromatic rings. The molecule has 0 amide bonds. The van der Waals surface area contributed by atoms with E-state index in [2.05, 4.69) is 14.7 Å². The summed E-state index contributed by atoms with van der Waals surface area (Å²) in [6.45, 7) is 2.13. The monoisotopic (exact) mass is 301 g/mol. The second-order valence-corrected chi connectivity index (χ2v) is 6.58. The molecule has 108 valence electrons. The van der Waals surface area contributed by atoms with Gasteiger partial charge >= 0.3 is 0 Å². The van der Waals surface area contributed by atoms with E-state index in [0.717, 1.165) is 22.4 Å². The van der Waals surface area contributed by atoms with Crippen LogP contribution >= 0.6 is 0 Å². The van der Waals surface area contributed by atoms with Gasteiger partial charge in [0, 0.05) is 6.54 Å². The lowest BCUT2D eigenvalue weighted by atomic mass is 10.2. The first-order chi connectivity index (χ1) is 10.0. The van der Waals surface area contributed by atoms with Crippen LogP contribution in [0.1, 0.15) is 11.4 Å². The molecule has 0 aliphatic rings. The summed E-state index contributed by atoms with van der Waals surface area (Å²) in [5.74, 6) is 0.840. The van der Waals surface area contributed by atoms with Gasteiger partial charge in [-0.15, -0.1) is 0 Å². The van der Waals surface area contributed by atoms with E-state index in [1.165, 1.54) is 0 Å². The largest absolute Gasteiger partial charge is 0.342 e. The van der Waals surface area contributed by atoms with Crippen molar-refractivity contribution in [3.63, 3.8) is 0 Å². The van der Waals surface area contributed by atoms with Crippen LogP contribution in [0.25, 0.3) is 11.0 Å². The van der Waals surface area contributed by atoms with E-state index in [1.807, 2.05) is 25.1 Å². The zero-order valence-corrected chi connectivity index (χ0v) is 12.3. The fourth-order valence-electron chi connectivity index (χ4n) is 2.16. The minimum atomic E-state index is -3.48. The zero-order valence-electron chi connectivity index (χ0n) is 11.5. The van der Waals surface area contributed by atoms with Gasteiger partial charge in [0.1, 0.15) is 5.82 Å². The Morgan fingerprint density at radius 2 is 1.90 bits per heavy atom. The number of aryl methyl sites for hydroxylation is 1. The summed E-state index contributed by atoms with van der Waals surface area (Å²) in [6.07, 6.45) is 0. The normalized spacial score (nSPS) is 11.9. The molecule has 0 saturated carbocycles. The topological polar surface area (TPSA) is 74.8 Å². The Kier molecular flexibility index (Phi) is 3.48. The van der Waals surface area contributed by atoms with E-state index in [-0.39, 0.29) is 11.4 Å². The molecule has 0 aliphatic carbocycles. The molecule has 2 N–H and O–H groups in total. The fraction of sp³-hybridized carbons (Fsp3) is 0.133. The number of sulfonamides is 1. The molecule has 5 nitrogen and oxygen atoms in total. The van der Waals surface area contributed by atoms with E-state index < -0.39 is 10.0 Å². The van der Waals surface area contributed by atoms with Crippen molar-refractivity contribution in [2.24, 2.45) is 0 Å². The van der Waals surface area contributed by atoms with Gasteiger partial charge in [0.15, 0.2) is 0 Å². The molecule has 6 heteroatoms. The number of aromatic amines is 1. The average molecular weight is 301 g/mol. The van der Waals surface area contributed by atoms with Crippen molar-refractivity contribution in [2.75, 3.05) is 0 Å². The van der Waals surface area contributed by atoms with Gasteiger partial charge in [-0.05, 0) is 36.8 Å². The second kappa shape index (κ2) is 5.31. The van der Waals surface area contributed by atoms with Crippen LogP contribution in [0, 0.1) is 6.92 Å². The van der Waals surface area contributed by atoms with Crippen LogP contribution < -0.4 is 4.72 Å². The third-order valence-corrected chi connectivity index (χ3v) is 4.60. The molecule has 0 unspecified atom stereocenters. The number of nitrogens with zero attached hydrogens (tertiary/aromatic N) is 1. The first-order valence-electron chi connectivity index (χ1n) is 6.54. The highest BCUT2D eigenvalue weighted by Crippen LogP contribution is 2.14. The average Bonchev–Trinajstić information content (AvgIpc) is 2.85. The summed E-state index contributed by atoms with van der Waals surface area (Å²) in [7, 11) is -3.48. The van der Waals surface area contributed by atoms with Gasteiger partial charge in [-0.25, -0.2) is 18.1 Å². The Balaban J connectivity index is 1.80. The van der Waals surface area contributed by atoms with Crippen LogP contribution in [0.4, 0.5) is 0 Å². The van der Waals surface area contributed by atoms with Crippen LogP contribution in [0.3, 0.4) is 0 Å². The van der Waals surface area contributed by atoms with Gasteiger partial charge in [-0.2, -0.15) is 0 Å². The summed E-state index contributed by atoms with van der Waals surface area (Å²) in [5.41, 5.74) is 2.66. The van der Waals surface area contributed by atoms with Gasteiger partial charge in [-0.1, -0.05) is 24.3 Å². The fourth-order valence-corrected chi connectivity index (χ4v) is 3.19. The lowest BCUT2D eigenvalue weighted by molar-refractivity contribution is 0.581. The molecular formula is C15H15N3O2S. The van der Waals surface area contributed by atoms with Crippen molar-refractivity contribution in [3.05, 3.63) is 59.9 Å². The molecule has 0 radical (unpaired) electrons. The Bertz CT molecular complexity index is 870. The van der Waals surface area contributed by atoms with E-state index in [0.29, 0.717) is 0 Å². The third-order valence-electron chi connectivity index (χ3n) is 3.18. The van der Waals surface area contributed by atoms with Gasteiger partial charge in [0.2, 0.25) is 10.0 Å². The number of H-pyrrole nitrogens is 1. The zero-order chi connectivity index (χ0) is 14.9. The van der Waals surface area contributed by atoms with E-state index in [9.17, 15) is 8.42 Å². The molecule has 21 heavy (non-hydrogen) atoms. The number of benzene rings is 2. The molecule has 0 fully saturated rings. The number of imidazole rings is 1. The number of aromatic nitrogens is 2. The molecule has 0 bridgehead atoms. The van der Waals surface area contributed by atoms with Crippen molar-refractivity contribution in [3.8, 4) is 0 Å². The lowest BCUT2D eigenvalue weighted by Gasteiger charge is -2.06. The molecule has 1 heterocycles. The van der Waals surface area contributed by atoms with Crippen LogP contribution in [-0.2, 0) is 16.6 Å².